The normalized spacial score (nSPS) is 25.7. The van der Waals surface area contributed by atoms with Crippen LogP contribution in [0.5, 0.6) is 0 Å². The van der Waals surface area contributed by atoms with E-state index >= 15 is 0 Å². The first-order chi connectivity index (χ1) is 11.7. The van der Waals surface area contributed by atoms with Gasteiger partial charge in [-0.05, 0) is 38.5 Å². The summed E-state index contributed by atoms with van der Waals surface area (Å²) in [5, 5.41) is 16.2. The maximum atomic E-state index is 13.3. The number of halogens is 1. The second-order valence-electron chi connectivity index (χ2n) is 7.00. The number of benzene rings is 1. The van der Waals surface area contributed by atoms with Crippen LogP contribution in [0.2, 0.25) is 0 Å². The van der Waals surface area contributed by atoms with Gasteiger partial charge in [0.1, 0.15) is 5.82 Å². The molecule has 1 aliphatic rings. The van der Waals surface area contributed by atoms with Crippen molar-refractivity contribution in [2.24, 2.45) is 5.92 Å². The fraction of sp³-hybridized carbons (Fsp3) is 0.444. The third-order valence-corrected chi connectivity index (χ3v) is 4.58. The highest BCUT2D eigenvalue weighted by atomic mass is 19.1. The number of aromatic nitrogens is 2. The van der Waals surface area contributed by atoms with Crippen molar-refractivity contribution in [2.75, 3.05) is 0 Å². The highest BCUT2D eigenvalue weighted by Gasteiger charge is 2.51. The Morgan fingerprint density at radius 2 is 1.96 bits per heavy atom. The zero-order valence-electron chi connectivity index (χ0n) is 14.3. The summed E-state index contributed by atoms with van der Waals surface area (Å²) in [7, 11) is 0. The van der Waals surface area contributed by atoms with E-state index in [0.29, 0.717) is 16.8 Å². The first kappa shape index (κ1) is 17.4. The van der Waals surface area contributed by atoms with E-state index in [-0.39, 0.29) is 18.1 Å². The Morgan fingerprint density at radius 3 is 2.56 bits per heavy atom. The largest absolute Gasteiger partial charge is 0.463 e. The molecule has 0 radical (unpaired) electrons. The standard InChI is InChI=1S/C18H21FN2O4/c1-9(2)25-17(23)15-13(10-4-6-11(19)7-5-10)14-12(8-18(15,3)24)20-21-16(14)22/h4-7,9,13,15,24H,8H2,1-3H3,(H2,20,21,22)/t13-,15-,18+/m0/s1. The van der Waals surface area contributed by atoms with Crippen LogP contribution in [0.15, 0.2) is 29.1 Å². The molecule has 0 unspecified atom stereocenters. The maximum Gasteiger partial charge on any atom is 0.313 e. The first-order valence-corrected chi connectivity index (χ1v) is 8.18. The SMILES string of the molecule is CC(C)OC(=O)[C@@H]1[C@@H](c2ccc(F)cc2)c2c([nH][nH]c2=O)C[C@@]1(C)O. The number of aliphatic hydroxyl groups is 1. The van der Waals surface area contributed by atoms with E-state index in [1.165, 1.54) is 24.3 Å². The van der Waals surface area contributed by atoms with Crippen LogP contribution in [0.4, 0.5) is 4.39 Å². The van der Waals surface area contributed by atoms with Crippen molar-refractivity contribution >= 4 is 5.97 Å². The lowest BCUT2D eigenvalue weighted by Crippen LogP contribution is -2.50. The summed E-state index contributed by atoms with van der Waals surface area (Å²) in [4.78, 5) is 25.1. The average molecular weight is 348 g/mol. The topological polar surface area (TPSA) is 95.2 Å². The predicted molar refractivity (Wildman–Crippen MR) is 88.7 cm³/mol. The minimum atomic E-state index is -1.43. The molecule has 0 saturated carbocycles. The quantitative estimate of drug-likeness (QED) is 0.738. The number of esters is 1. The Balaban J connectivity index is 2.18. The smallest absolute Gasteiger partial charge is 0.313 e. The number of hydrogen-bond donors (Lipinski definition) is 3. The molecular weight excluding hydrogens is 327 g/mol. The fourth-order valence-electron chi connectivity index (χ4n) is 3.59. The number of ether oxygens (including phenoxy) is 1. The highest BCUT2D eigenvalue weighted by molar-refractivity contribution is 5.77. The number of hydrogen-bond acceptors (Lipinski definition) is 4. The molecule has 1 aromatic carbocycles. The molecule has 1 aliphatic carbocycles. The van der Waals surface area contributed by atoms with Crippen LogP contribution in [-0.4, -0.2) is 33.0 Å². The van der Waals surface area contributed by atoms with Crippen LogP contribution in [-0.2, 0) is 16.0 Å². The summed E-state index contributed by atoms with van der Waals surface area (Å²) in [6.07, 6.45) is -0.250. The number of aromatic amines is 2. The molecule has 0 saturated heterocycles. The van der Waals surface area contributed by atoms with Crippen LogP contribution >= 0.6 is 0 Å². The average Bonchev–Trinajstić information content (AvgIpc) is 2.85. The molecule has 25 heavy (non-hydrogen) atoms. The Kier molecular flexibility index (Phi) is 4.28. The van der Waals surface area contributed by atoms with Gasteiger partial charge in [0.2, 0.25) is 0 Å². The Hall–Kier alpha value is -2.41. The van der Waals surface area contributed by atoms with Crippen LogP contribution in [0.3, 0.4) is 0 Å². The molecule has 1 heterocycles. The lowest BCUT2D eigenvalue weighted by molar-refractivity contribution is -0.163. The van der Waals surface area contributed by atoms with Gasteiger partial charge in [0, 0.05) is 23.6 Å². The molecule has 0 amide bonds. The molecule has 0 bridgehead atoms. The molecule has 7 heteroatoms. The number of nitrogens with one attached hydrogen (secondary N) is 2. The van der Waals surface area contributed by atoms with Crippen molar-refractivity contribution in [1.29, 1.82) is 0 Å². The summed E-state index contributed by atoms with van der Waals surface area (Å²) in [5.74, 6) is -2.72. The van der Waals surface area contributed by atoms with Crippen molar-refractivity contribution in [1.82, 2.24) is 10.2 Å². The van der Waals surface area contributed by atoms with Crippen molar-refractivity contribution in [3.05, 3.63) is 57.3 Å². The van der Waals surface area contributed by atoms with Gasteiger partial charge in [0.25, 0.3) is 5.56 Å². The van der Waals surface area contributed by atoms with Crippen LogP contribution in [0.25, 0.3) is 0 Å². The summed E-state index contributed by atoms with van der Waals surface area (Å²) in [5.41, 5.74) is -0.300. The van der Waals surface area contributed by atoms with E-state index in [1.807, 2.05) is 0 Å². The minimum Gasteiger partial charge on any atom is -0.463 e. The predicted octanol–water partition coefficient (Wildman–Crippen LogP) is 1.85. The van der Waals surface area contributed by atoms with Gasteiger partial charge in [-0.25, -0.2) is 4.39 Å². The molecule has 0 spiro atoms. The summed E-state index contributed by atoms with van der Waals surface area (Å²) in [6, 6.07) is 5.58. The third kappa shape index (κ3) is 3.11. The van der Waals surface area contributed by atoms with Gasteiger partial charge < -0.3 is 14.9 Å². The van der Waals surface area contributed by atoms with Crippen LogP contribution < -0.4 is 5.56 Å². The molecular formula is C18H21FN2O4. The molecule has 3 rings (SSSR count). The van der Waals surface area contributed by atoms with E-state index in [2.05, 4.69) is 10.2 Å². The van der Waals surface area contributed by atoms with Gasteiger partial charge in [-0.3, -0.25) is 14.7 Å². The Bertz CT molecular complexity index is 836. The lowest BCUT2D eigenvalue weighted by Gasteiger charge is -2.40. The molecule has 0 aliphatic heterocycles. The summed E-state index contributed by atoms with van der Waals surface area (Å²) in [6.45, 7) is 4.98. The summed E-state index contributed by atoms with van der Waals surface area (Å²) < 4.78 is 18.7. The van der Waals surface area contributed by atoms with E-state index in [9.17, 15) is 19.1 Å². The van der Waals surface area contributed by atoms with Crippen molar-refractivity contribution in [3.8, 4) is 0 Å². The molecule has 0 fully saturated rings. The molecule has 3 N–H and O–H groups in total. The van der Waals surface area contributed by atoms with Crippen molar-refractivity contribution in [3.63, 3.8) is 0 Å². The minimum absolute atomic E-state index is 0.108. The molecule has 3 atom stereocenters. The number of carbonyl (C=O) groups is 1. The number of carbonyl (C=O) groups excluding carboxylic acids is 1. The van der Waals surface area contributed by atoms with Gasteiger partial charge in [0.05, 0.1) is 17.6 Å². The van der Waals surface area contributed by atoms with Gasteiger partial charge in [-0.15, -0.1) is 0 Å². The van der Waals surface area contributed by atoms with E-state index < -0.39 is 29.2 Å². The molecule has 134 valence electrons. The maximum absolute atomic E-state index is 13.3. The number of rotatable bonds is 3. The van der Waals surface area contributed by atoms with Crippen molar-refractivity contribution < 1.29 is 19.0 Å². The Morgan fingerprint density at radius 1 is 1.32 bits per heavy atom. The van der Waals surface area contributed by atoms with Gasteiger partial charge in [0.15, 0.2) is 0 Å². The molecule has 1 aromatic heterocycles. The number of H-pyrrole nitrogens is 2. The lowest BCUT2D eigenvalue weighted by atomic mass is 9.66. The van der Waals surface area contributed by atoms with Crippen LogP contribution in [0.1, 0.15) is 43.5 Å². The zero-order valence-corrected chi connectivity index (χ0v) is 14.3. The zero-order chi connectivity index (χ0) is 18.4. The third-order valence-electron chi connectivity index (χ3n) is 4.58. The van der Waals surface area contributed by atoms with E-state index in [0.717, 1.165) is 0 Å². The second-order valence-corrected chi connectivity index (χ2v) is 7.00. The van der Waals surface area contributed by atoms with Crippen molar-refractivity contribution in [2.45, 2.75) is 44.8 Å². The number of fused-ring (bicyclic) bond motifs is 1. The van der Waals surface area contributed by atoms with Crippen LogP contribution in [0, 0.1) is 11.7 Å². The van der Waals surface area contributed by atoms with Gasteiger partial charge in [-0.2, -0.15) is 0 Å². The van der Waals surface area contributed by atoms with E-state index in [4.69, 9.17) is 4.74 Å². The first-order valence-electron chi connectivity index (χ1n) is 8.18. The summed E-state index contributed by atoms with van der Waals surface area (Å²) >= 11 is 0. The second kappa shape index (κ2) is 6.15. The fourth-order valence-corrected chi connectivity index (χ4v) is 3.59. The van der Waals surface area contributed by atoms with Gasteiger partial charge in [-0.1, -0.05) is 12.1 Å². The Labute approximate surface area is 144 Å². The van der Waals surface area contributed by atoms with E-state index in [1.54, 1.807) is 20.8 Å². The monoisotopic (exact) mass is 348 g/mol. The van der Waals surface area contributed by atoms with Gasteiger partial charge >= 0.3 is 5.97 Å². The highest BCUT2D eigenvalue weighted by Crippen LogP contribution is 2.44. The molecule has 6 nitrogen and oxygen atoms in total. The molecule has 2 aromatic rings.